The summed E-state index contributed by atoms with van der Waals surface area (Å²) in [6.07, 6.45) is 0. The second-order valence-electron chi connectivity index (χ2n) is 3.84. The molecule has 0 saturated carbocycles. The summed E-state index contributed by atoms with van der Waals surface area (Å²) in [5, 5.41) is 13.8. The number of ether oxygens (including phenoxy) is 1. The average Bonchev–Trinajstić information content (AvgIpc) is 2.27. The Labute approximate surface area is 100 Å². The Balaban J connectivity index is 2.95. The molecule has 0 aliphatic rings. The molecule has 0 bridgehead atoms. The topological polar surface area (TPSA) is 64.4 Å². The number of hydrogen-bond acceptors (Lipinski definition) is 4. The van der Waals surface area contributed by atoms with Gasteiger partial charge >= 0.3 is 5.69 Å². The van der Waals surface area contributed by atoms with Crippen molar-refractivity contribution in [2.75, 3.05) is 13.7 Å². The molecule has 0 radical (unpaired) electrons. The van der Waals surface area contributed by atoms with Crippen LogP contribution in [0.15, 0.2) is 30.4 Å². The van der Waals surface area contributed by atoms with Gasteiger partial charge in [-0.1, -0.05) is 12.6 Å². The number of nitrogens with one attached hydrogen (secondary N) is 1. The van der Waals surface area contributed by atoms with Gasteiger partial charge in [0, 0.05) is 12.6 Å². The van der Waals surface area contributed by atoms with E-state index in [4.69, 9.17) is 4.74 Å². The van der Waals surface area contributed by atoms with Crippen molar-refractivity contribution >= 4 is 5.69 Å². The van der Waals surface area contributed by atoms with Gasteiger partial charge in [0.25, 0.3) is 0 Å². The van der Waals surface area contributed by atoms with Crippen LogP contribution in [0.1, 0.15) is 12.5 Å². The zero-order valence-electron chi connectivity index (χ0n) is 10.0. The number of nitro groups is 1. The Morgan fingerprint density at radius 2 is 2.29 bits per heavy atom. The van der Waals surface area contributed by atoms with Crippen molar-refractivity contribution < 1.29 is 9.66 Å². The lowest BCUT2D eigenvalue weighted by molar-refractivity contribution is -0.385. The van der Waals surface area contributed by atoms with Crippen LogP contribution in [0.4, 0.5) is 5.69 Å². The minimum absolute atomic E-state index is 0.0148. The van der Waals surface area contributed by atoms with Crippen molar-refractivity contribution in [3.05, 3.63) is 46.0 Å². The molecule has 5 nitrogen and oxygen atoms in total. The first-order valence-electron chi connectivity index (χ1n) is 5.23. The third-order valence-electron chi connectivity index (χ3n) is 2.08. The summed E-state index contributed by atoms with van der Waals surface area (Å²) in [7, 11) is 1.79. The molecule has 1 aromatic rings. The first-order valence-corrected chi connectivity index (χ1v) is 5.23. The van der Waals surface area contributed by atoms with Crippen LogP contribution in [0.5, 0.6) is 5.75 Å². The van der Waals surface area contributed by atoms with Crippen molar-refractivity contribution in [2.45, 2.75) is 13.5 Å². The highest BCUT2D eigenvalue weighted by Gasteiger charge is 2.15. The summed E-state index contributed by atoms with van der Waals surface area (Å²) in [4.78, 5) is 10.5. The Kier molecular flexibility index (Phi) is 4.66. The molecule has 17 heavy (non-hydrogen) atoms. The summed E-state index contributed by atoms with van der Waals surface area (Å²) in [5.41, 5.74) is 1.65. The molecule has 1 aromatic carbocycles. The maximum absolute atomic E-state index is 10.9. The molecule has 0 aliphatic carbocycles. The first-order chi connectivity index (χ1) is 8.04. The molecule has 5 heteroatoms. The second-order valence-corrected chi connectivity index (χ2v) is 3.84. The molecule has 0 atom stereocenters. The number of nitrogens with zero attached hydrogens (tertiary/aromatic N) is 1. The van der Waals surface area contributed by atoms with E-state index in [2.05, 4.69) is 11.9 Å². The molecule has 0 aromatic heterocycles. The number of benzene rings is 1. The molecular weight excluding hydrogens is 220 g/mol. The Morgan fingerprint density at radius 1 is 1.59 bits per heavy atom. The third-order valence-corrected chi connectivity index (χ3v) is 2.08. The number of hydrogen-bond donors (Lipinski definition) is 1. The fourth-order valence-corrected chi connectivity index (χ4v) is 1.34. The normalized spacial score (nSPS) is 10.0. The van der Waals surface area contributed by atoms with Gasteiger partial charge in [0.2, 0.25) is 0 Å². The van der Waals surface area contributed by atoms with E-state index in [9.17, 15) is 10.1 Å². The average molecular weight is 236 g/mol. The highest BCUT2D eigenvalue weighted by Crippen LogP contribution is 2.28. The van der Waals surface area contributed by atoms with Crippen LogP contribution in [0.3, 0.4) is 0 Å². The van der Waals surface area contributed by atoms with Crippen LogP contribution < -0.4 is 10.1 Å². The summed E-state index contributed by atoms with van der Waals surface area (Å²) in [5.74, 6) is 0.276. The van der Waals surface area contributed by atoms with E-state index >= 15 is 0 Å². The van der Waals surface area contributed by atoms with Gasteiger partial charge in [0.15, 0.2) is 5.75 Å². The number of nitro benzene ring substituents is 1. The standard InChI is InChI=1S/C12H16N2O3/c1-9(2)8-17-12-5-4-10(7-13-3)6-11(12)14(15)16/h4-6,13H,1,7-8H2,2-3H3. The van der Waals surface area contributed by atoms with Crippen molar-refractivity contribution in [1.82, 2.24) is 5.32 Å². The van der Waals surface area contributed by atoms with E-state index in [1.807, 2.05) is 0 Å². The van der Waals surface area contributed by atoms with Crippen LogP contribution in [0.25, 0.3) is 0 Å². The lowest BCUT2D eigenvalue weighted by atomic mass is 10.2. The summed E-state index contributed by atoms with van der Waals surface area (Å²) < 4.78 is 5.33. The molecule has 0 unspecified atom stereocenters. The van der Waals surface area contributed by atoms with Gasteiger partial charge < -0.3 is 10.1 Å². The molecule has 1 rings (SSSR count). The maximum Gasteiger partial charge on any atom is 0.311 e. The van der Waals surface area contributed by atoms with E-state index in [-0.39, 0.29) is 18.0 Å². The fourth-order valence-electron chi connectivity index (χ4n) is 1.34. The molecule has 0 heterocycles. The van der Waals surface area contributed by atoms with Gasteiger partial charge in [-0.05, 0) is 31.2 Å². The van der Waals surface area contributed by atoms with E-state index in [0.29, 0.717) is 6.54 Å². The lowest BCUT2D eigenvalue weighted by Gasteiger charge is -2.07. The molecule has 0 amide bonds. The smallest absolute Gasteiger partial charge is 0.311 e. The molecule has 0 aliphatic heterocycles. The van der Waals surface area contributed by atoms with Gasteiger partial charge in [-0.15, -0.1) is 0 Å². The van der Waals surface area contributed by atoms with Crippen LogP contribution in [0, 0.1) is 10.1 Å². The van der Waals surface area contributed by atoms with Crippen molar-refractivity contribution in [2.24, 2.45) is 0 Å². The predicted molar refractivity (Wildman–Crippen MR) is 66.2 cm³/mol. The SMILES string of the molecule is C=C(C)COc1ccc(CNC)cc1[N+](=O)[O-]. The van der Waals surface area contributed by atoms with Crippen molar-refractivity contribution in [3.63, 3.8) is 0 Å². The Bertz CT molecular complexity index is 430. The van der Waals surface area contributed by atoms with Crippen LogP contribution in [-0.4, -0.2) is 18.6 Å². The lowest BCUT2D eigenvalue weighted by Crippen LogP contribution is -2.06. The van der Waals surface area contributed by atoms with Gasteiger partial charge in [-0.3, -0.25) is 10.1 Å². The van der Waals surface area contributed by atoms with Gasteiger partial charge in [0.05, 0.1) is 4.92 Å². The quantitative estimate of drug-likeness (QED) is 0.467. The van der Waals surface area contributed by atoms with Crippen LogP contribution in [0.2, 0.25) is 0 Å². The second kappa shape index (κ2) is 6.00. The highest BCUT2D eigenvalue weighted by atomic mass is 16.6. The van der Waals surface area contributed by atoms with Crippen molar-refractivity contribution in [3.8, 4) is 5.75 Å². The van der Waals surface area contributed by atoms with E-state index < -0.39 is 4.92 Å². The van der Waals surface area contributed by atoms with E-state index in [0.717, 1.165) is 11.1 Å². The molecule has 92 valence electrons. The van der Waals surface area contributed by atoms with Gasteiger partial charge in [0.1, 0.15) is 6.61 Å². The fraction of sp³-hybridized carbons (Fsp3) is 0.333. The zero-order valence-corrected chi connectivity index (χ0v) is 10.0. The Morgan fingerprint density at radius 3 is 2.82 bits per heavy atom. The van der Waals surface area contributed by atoms with Gasteiger partial charge in [-0.2, -0.15) is 0 Å². The summed E-state index contributed by atoms with van der Waals surface area (Å²) in [6, 6.07) is 4.94. The maximum atomic E-state index is 10.9. The Hall–Kier alpha value is -1.88. The summed E-state index contributed by atoms with van der Waals surface area (Å²) >= 11 is 0. The first kappa shape index (κ1) is 13.2. The van der Waals surface area contributed by atoms with E-state index in [1.165, 1.54) is 6.07 Å². The van der Waals surface area contributed by atoms with E-state index in [1.54, 1.807) is 26.1 Å². The molecule has 1 N–H and O–H groups in total. The minimum Gasteiger partial charge on any atom is -0.482 e. The molecule has 0 saturated heterocycles. The highest BCUT2D eigenvalue weighted by molar-refractivity contribution is 5.48. The number of rotatable bonds is 6. The van der Waals surface area contributed by atoms with Crippen molar-refractivity contribution in [1.29, 1.82) is 0 Å². The monoisotopic (exact) mass is 236 g/mol. The zero-order chi connectivity index (χ0) is 12.8. The predicted octanol–water partition coefficient (Wildman–Crippen LogP) is 2.27. The molecular formula is C12H16N2O3. The minimum atomic E-state index is -0.438. The van der Waals surface area contributed by atoms with Crippen LogP contribution >= 0.6 is 0 Å². The molecule has 0 fully saturated rings. The summed E-state index contributed by atoms with van der Waals surface area (Å²) in [6.45, 7) is 6.36. The third kappa shape index (κ3) is 3.88. The molecule has 0 spiro atoms. The van der Waals surface area contributed by atoms with Gasteiger partial charge in [-0.25, -0.2) is 0 Å². The largest absolute Gasteiger partial charge is 0.482 e. The van der Waals surface area contributed by atoms with Crippen LogP contribution in [-0.2, 0) is 6.54 Å².